The van der Waals surface area contributed by atoms with Crippen molar-refractivity contribution in [3.05, 3.63) is 28.8 Å². The van der Waals surface area contributed by atoms with Crippen molar-refractivity contribution in [3.8, 4) is 0 Å². The highest BCUT2D eigenvalue weighted by Gasteiger charge is 2.13. The van der Waals surface area contributed by atoms with E-state index >= 15 is 0 Å². The number of rotatable bonds is 4. The van der Waals surface area contributed by atoms with Gasteiger partial charge in [0.25, 0.3) is 0 Å². The van der Waals surface area contributed by atoms with E-state index in [9.17, 15) is 9.59 Å². The van der Waals surface area contributed by atoms with E-state index < -0.39 is 5.97 Å². The van der Waals surface area contributed by atoms with Crippen LogP contribution in [0.25, 0.3) is 0 Å². The summed E-state index contributed by atoms with van der Waals surface area (Å²) in [5.41, 5.74) is 8.52. The zero-order valence-electron chi connectivity index (χ0n) is 11.8. The average Bonchev–Trinajstić information content (AvgIpc) is 2.33. The van der Waals surface area contributed by atoms with E-state index in [1.165, 1.54) is 4.90 Å². The van der Waals surface area contributed by atoms with Gasteiger partial charge in [-0.15, -0.1) is 0 Å². The van der Waals surface area contributed by atoms with Crippen molar-refractivity contribution >= 4 is 17.6 Å². The number of anilines is 1. The fourth-order valence-electron chi connectivity index (χ4n) is 1.62. The largest absolute Gasteiger partial charge is 0.462 e. The van der Waals surface area contributed by atoms with Gasteiger partial charge in [-0.3, -0.25) is 4.79 Å². The summed E-state index contributed by atoms with van der Waals surface area (Å²) < 4.78 is 5.08. The standard InChI is InChI=1S/C14H20N2O3/c1-9-7-10(2)12(15)8-11(9)14(18)19-6-5-13(17)16(3)4/h7-8H,5-6,15H2,1-4H3. The Balaban J connectivity index is 2.64. The molecule has 0 atom stereocenters. The van der Waals surface area contributed by atoms with Gasteiger partial charge in [-0.2, -0.15) is 0 Å². The van der Waals surface area contributed by atoms with Gasteiger partial charge in [0.15, 0.2) is 0 Å². The molecule has 0 bridgehead atoms. The van der Waals surface area contributed by atoms with E-state index in [4.69, 9.17) is 10.5 Å². The smallest absolute Gasteiger partial charge is 0.338 e. The highest BCUT2D eigenvalue weighted by Crippen LogP contribution is 2.18. The number of carbonyl (C=O) groups is 2. The predicted molar refractivity (Wildman–Crippen MR) is 73.9 cm³/mol. The van der Waals surface area contributed by atoms with E-state index in [1.807, 2.05) is 19.9 Å². The van der Waals surface area contributed by atoms with Gasteiger partial charge in [0, 0.05) is 19.8 Å². The molecule has 19 heavy (non-hydrogen) atoms. The summed E-state index contributed by atoms with van der Waals surface area (Å²) in [4.78, 5) is 24.7. The number of aryl methyl sites for hydroxylation is 2. The van der Waals surface area contributed by atoms with Crippen molar-refractivity contribution in [2.75, 3.05) is 26.4 Å². The third-order valence-electron chi connectivity index (χ3n) is 2.88. The van der Waals surface area contributed by atoms with E-state index in [2.05, 4.69) is 0 Å². The fourth-order valence-corrected chi connectivity index (χ4v) is 1.62. The molecule has 0 aromatic heterocycles. The quantitative estimate of drug-likeness (QED) is 0.661. The van der Waals surface area contributed by atoms with E-state index in [0.29, 0.717) is 11.3 Å². The van der Waals surface area contributed by atoms with Crippen LogP contribution in [0, 0.1) is 13.8 Å². The van der Waals surface area contributed by atoms with Crippen LogP contribution in [0.15, 0.2) is 12.1 Å². The molecule has 0 aliphatic rings. The number of esters is 1. The second-order valence-corrected chi connectivity index (χ2v) is 4.70. The van der Waals surface area contributed by atoms with Crippen LogP contribution in [0.5, 0.6) is 0 Å². The van der Waals surface area contributed by atoms with E-state index in [0.717, 1.165) is 11.1 Å². The van der Waals surface area contributed by atoms with Crippen LogP contribution in [-0.2, 0) is 9.53 Å². The number of nitrogens with two attached hydrogens (primary N) is 1. The molecule has 1 aromatic rings. The molecular weight excluding hydrogens is 244 g/mol. The summed E-state index contributed by atoms with van der Waals surface area (Å²) in [5.74, 6) is -0.524. The molecule has 0 unspecified atom stereocenters. The maximum atomic E-state index is 11.9. The summed E-state index contributed by atoms with van der Waals surface area (Å²) in [7, 11) is 3.32. The van der Waals surface area contributed by atoms with Crippen molar-refractivity contribution in [1.82, 2.24) is 4.90 Å². The molecule has 5 heteroatoms. The highest BCUT2D eigenvalue weighted by molar-refractivity contribution is 5.92. The summed E-state index contributed by atoms with van der Waals surface area (Å²) in [6.45, 7) is 3.78. The number of nitrogen functional groups attached to an aromatic ring is 1. The molecule has 104 valence electrons. The first-order chi connectivity index (χ1) is 8.82. The molecule has 0 aliphatic heterocycles. The van der Waals surface area contributed by atoms with Gasteiger partial charge < -0.3 is 15.4 Å². The van der Waals surface area contributed by atoms with Crippen LogP contribution < -0.4 is 5.73 Å². The van der Waals surface area contributed by atoms with Crippen molar-refractivity contribution in [2.45, 2.75) is 20.3 Å². The summed E-state index contributed by atoms with van der Waals surface area (Å²) in [6.07, 6.45) is 0.180. The third kappa shape index (κ3) is 3.98. The predicted octanol–water partition coefficient (Wildman–Crippen LogP) is 1.52. The average molecular weight is 264 g/mol. The Hall–Kier alpha value is -2.04. The Labute approximate surface area is 113 Å². The normalized spacial score (nSPS) is 10.1. The van der Waals surface area contributed by atoms with E-state index in [-0.39, 0.29) is 18.9 Å². The number of hydrogen-bond acceptors (Lipinski definition) is 4. The van der Waals surface area contributed by atoms with Crippen LogP contribution in [0.3, 0.4) is 0 Å². The number of benzene rings is 1. The van der Waals surface area contributed by atoms with Crippen molar-refractivity contribution in [2.24, 2.45) is 0 Å². The summed E-state index contributed by atoms with van der Waals surface area (Å²) in [6, 6.07) is 3.46. The van der Waals surface area contributed by atoms with Gasteiger partial charge in [-0.1, -0.05) is 6.07 Å². The molecule has 0 radical (unpaired) electrons. The molecule has 0 saturated carbocycles. The Bertz CT molecular complexity index is 496. The van der Waals surface area contributed by atoms with Crippen LogP contribution in [0.2, 0.25) is 0 Å². The molecule has 0 aliphatic carbocycles. The lowest BCUT2D eigenvalue weighted by molar-refractivity contribution is -0.129. The Morgan fingerprint density at radius 1 is 1.21 bits per heavy atom. The Morgan fingerprint density at radius 3 is 2.42 bits per heavy atom. The zero-order valence-corrected chi connectivity index (χ0v) is 11.8. The summed E-state index contributed by atoms with van der Waals surface area (Å²) in [5, 5.41) is 0. The van der Waals surface area contributed by atoms with Crippen molar-refractivity contribution < 1.29 is 14.3 Å². The Morgan fingerprint density at radius 2 is 1.84 bits per heavy atom. The number of nitrogens with zero attached hydrogens (tertiary/aromatic N) is 1. The SMILES string of the molecule is Cc1cc(C)c(C(=O)OCCC(=O)N(C)C)cc1N. The minimum absolute atomic E-state index is 0.0725. The van der Waals surface area contributed by atoms with Crippen LogP contribution in [0.1, 0.15) is 27.9 Å². The lowest BCUT2D eigenvalue weighted by Gasteiger charge is -2.12. The molecule has 1 rings (SSSR count). The molecule has 0 spiro atoms. The first-order valence-electron chi connectivity index (χ1n) is 6.07. The first kappa shape index (κ1) is 15.0. The van der Waals surface area contributed by atoms with Gasteiger partial charge in [0.05, 0.1) is 12.0 Å². The molecule has 2 N–H and O–H groups in total. The van der Waals surface area contributed by atoms with E-state index in [1.54, 1.807) is 20.2 Å². The molecular formula is C14H20N2O3. The minimum atomic E-state index is -0.448. The third-order valence-corrected chi connectivity index (χ3v) is 2.88. The number of hydrogen-bond donors (Lipinski definition) is 1. The van der Waals surface area contributed by atoms with Gasteiger partial charge in [-0.05, 0) is 31.0 Å². The fraction of sp³-hybridized carbons (Fsp3) is 0.429. The van der Waals surface area contributed by atoms with Crippen molar-refractivity contribution in [3.63, 3.8) is 0 Å². The lowest BCUT2D eigenvalue weighted by Crippen LogP contribution is -2.23. The molecule has 0 heterocycles. The number of ether oxygens (including phenoxy) is 1. The highest BCUT2D eigenvalue weighted by atomic mass is 16.5. The summed E-state index contributed by atoms with van der Waals surface area (Å²) >= 11 is 0. The van der Waals surface area contributed by atoms with Crippen LogP contribution >= 0.6 is 0 Å². The van der Waals surface area contributed by atoms with Gasteiger partial charge >= 0.3 is 5.97 Å². The maximum absolute atomic E-state index is 11.9. The molecule has 1 amide bonds. The Kier molecular flexibility index (Phi) is 4.92. The molecule has 1 aromatic carbocycles. The molecule has 0 fully saturated rings. The van der Waals surface area contributed by atoms with Crippen molar-refractivity contribution in [1.29, 1.82) is 0 Å². The second-order valence-electron chi connectivity index (χ2n) is 4.70. The number of carbonyl (C=O) groups excluding carboxylic acids is 2. The van der Waals surface area contributed by atoms with Gasteiger partial charge in [-0.25, -0.2) is 4.79 Å². The lowest BCUT2D eigenvalue weighted by atomic mass is 10.0. The first-order valence-corrected chi connectivity index (χ1v) is 6.07. The molecule has 5 nitrogen and oxygen atoms in total. The van der Waals surface area contributed by atoms with Gasteiger partial charge in [0.1, 0.15) is 6.61 Å². The second kappa shape index (κ2) is 6.22. The number of amides is 1. The minimum Gasteiger partial charge on any atom is -0.462 e. The van der Waals surface area contributed by atoms with Gasteiger partial charge in [0.2, 0.25) is 5.91 Å². The monoisotopic (exact) mass is 264 g/mol. The zero-order chi connectivity index (χ0) is 14.6. The molecule has 0 saturated heterocycles. The van der Waals surface area contributed by atoms with Crippen LogP contribution in [0.4, 0.5) is 5.69 Å². The van der Waals surface area contributed by atoms with Crippen LogP contribution in [-0.4, -0.2) is 37.5 Å². The maximum Gasteiger partial charge on any atom is 0.338 e. The topological polar surface area (TPSA) is 72.6 Å².